The third-order valence-electron chi connectivity index (χ3n) is 4.45. The SMILES string of the molecule is COc1ccc(-c2nc(-n3cccc3)sc2C(=O)Nc2cccc(NC(C)=O)c2)cc1. The van der Waals surface area contributed by atoms with Gasteiger partial charge < -0.3 is 19.9 Å². The van der Waals surface area contributed by atoms with E-state index in [9.17, 15) is 9.59 Å². The molecule has 0 aliphatic rings. The number of rotatable bonds is 6. The Hall–Kier alpha value is -3.91. The summed E-state index contributed by atoms with van der Waals surface area (Å²) < 4.78 is 7.10. The number of carbonyl (C=O) groups is 2. The molecule has 7 nitrogen and oxygen atoms in total. The fourth-order valence-corrected chi connectivity index (χ4v) is 4.00. The Morgan fingerprint density at radius 2 is 1.65 bits per heavy atom. The van der Waals surface area contributed by atoms with Crippen molar-refractivity contribution in [2.45, 2.75) is 6.92 Å². The summed E-state index contributed by atoms with van der Waals surface area (Å²) in [6.45, 7) is 1.44. The molecule has 0 radical (unpaired) electrons. The second-order valence-electron chi connectivity index (χ2n) is 6.71. The fourth-order valence-electron chi connectivity index (χ4n) is 3.05. The number of hydrogen-bond donors (Lipinski definition) is 2. The molecule has 2 N–H and O–H groups in total. The van der Waals surface area contributed by atoms with Crippen LogP contribution in [-0.2, 0) is 4.79 Å². The van der Waals surface area contributed by atoms with Gasteiger partial charge in [0.05, 0.1) is 12.8 Å². The van der Waals surface area contributed by atoms with E-state index in [0.29, 0.717) is 27.1 Å². The Morgan fingerprint density at radius 1 is 0.968 bits per heavy atom. The zero-order valence-electron chi connectivity index (χ0n) is 17.0. The van der Waals surface area contributed by atoms with Gasteiger partial charge in [0.1, 0.15) is 10.6 Å². The van der Waals surface area contributed by atoms with Crippen LogP contribution in [0, 0.1) is 0 Å². The normalized spacial score (nSPS) is 10.5. The second kappa shape index (κ2) is 8.85. The number of thiazole rings is 1. The van der Waals surface area contributed by atoms with Gasteiger partial charge in [0, 0.05) is 36.3 Å². The maximum atomic E-state index is 13.2. The Morgan fingerprint density at radius 3 is 2.29 bits per heavy atom. The summed E-state index contributed by atoms with van der Waals surface area (Å²) in [5.74, 6) is 0.274. The first kappa shape index (κ1) is 20.4. The van der Waals surface area contributed by atoms with Gasteiger partial charge in [-0.15, -0.1) is 0 Å². The fraction of sp³-hybridized carbons (Fsp3) is 0.0870. The van der Waals surface area contributed by atoms with Crippen molar-refractivity contribution in [1.29, 1.82) is 0 Å². The summed E-state index contributed by atoms with van der Waals surface area (Å²) in [6, 6.07) is 18.2. The highest BCUT2D eigenvalue weighted by Crippen LogP contribution is 2.32. The predicted octanol–water partition coefficient (Wildman–Crippen LogP) is 4.82. The zero-order chi connectivity index (χ0) is 21.8. The Balaban J connectivity index is 1.69. The lowest BCUT2D eigenvalue weighted by Crippen LogP contribution is -2.12. The summed E-state index contributed by atoms with van der Waals surface area (Å²) in [6.07, 6.45) is 3.77. The van der Waals surface area contributed by atoms with E-state index < -0.39 is 0 Å². The lowest BCUT2D eigenvalue weighted by molar-refractivity contribution is -0.114. The molecule has 2 aromatic heterocycles. The standard InChI is InChI=1S/C23H20N4O3S/c1-15(28)24-17-6-5-7-18(14-17)25-22(29)21-20(16-8-10-19(30-2)11-9-16)26-23(31-21)27-12-3-4-13-27/h3-14H,1-2H3,(H,24,28)(H,25,29). The van der Waals surface area contributed by atoms with Crippen molar-refractivity contribution in [2.24, 2.45) is 0 Å². The molecule has 8 heteroatoms. The van der Waals surface area contributed by atoms with Crippen LogP contribution >= 0.6 is 11.3 Å². The van der Waals surface area contributed by atoms with Gasteiger partial charge in [-0.1, -0.05) is 17.4 Å². The van der Waals surface area contributed by atoms with Gasteiger partial charge in [0.25, 0.3) is 5.91 Å². The molecule has 0 spiro atoms. The smallest absolute Gasteiger partial charge is 0.268 e. The van der Waals surface area contributed by atoms with E-state index in [-0.39, 0.29) is 11.8 Å². The highest BCUT2D eigenvalue weighted by molar-refractivity contribution is 7.16. The summed E-state index contributed by atoms with van der Waals surface area (Å²) in [5, 5.41) is 6.31. The molecule has 0 unspecified atom stereocenters. The largest absolute Gasteiger partial charge is 0.497 e. The minimum absolute atomic E-state index is 0.177. The van der Waals surface area contributed by atoms with Gasteiger partial charge >= 0.3 is 0 Å². The van der Waals surface area contributed by atoms with Crippen LogP contribution in [0.2, 0.25) is 0 Å². The number of carbonyl (C=O) groups excluding carboxylic acids is 2. The number of nitrogens with one attached hydrogen (secondary N) is 2. The highest BCUT2D eigenvalue weighted by Gasteiger charge is 2.20. The summed E-state index contributed by atoms with van der Waals surface area (Å²) >= 11 is 1.30. The number of amides is 2. The molecule has 4 aromatic rings. The molecule has 156 valence electrons. The van der Waals surface area contributed by atoms with Gasteiger partial charge in [-0.2, -0.15) is 0 Å². The number of anilines is 2. The topological polar surface area (TPSA) is 85.2 Å². The molecule has 2 aromatic carbocycles. The van der Waals surface area contributed by atoms with Crippen LogP contribution in [0.5, 0.6) is 5.75 Å². The molecule has 0 aliphatic carbocycles. The van der Waals surface area contributed by atoms with Gasteiger partial charge in [0.2, 0.25) is 5.91 Å². The summed E-state index contributed by atoms with van der Waals surface area (Å²) in [4.78, 5) is 29.7. The van der Waals surface area contributed by atoms with E-state index in [0.717, 1.165) is 11.3 Å². The first-order valence-electron chi connectivity index (χ1n) is 9.51. The molecule has 31 heavy (non-hydrogen) atoms. The number of methoxy groups -OCH3 is 1. The number of hydrogen-bond acceptors (Lipinski definition) is 5. The Labute approximate surface area is 183 Å². The van der Waals surface area contributed by atoms with E-state index >= 15 is 0 Å². The first-order chi connectivity index (χ1) is 15.0. The van der Waals surface area contributed by atoms with Gasteiger partial charge in [0.15, 0.2) is 5.13 Å². The molecule has 0 aliphatic heterocycles. The van der Waals surface area contributed by atoms with Crippen molar-refractivity contribution < 1.29 is 14.3 Å². The molecular weight excluding hydrogens is 412 g/mol. The number of benzene rings is 2. The van der Waals surface area contributed by atoms with Crippen LogP contribution in [0.1, 0.15) is 16.6 Å². The molecule has 2 heterocycles. The number of ether oxygens (including phenoxy) is 1. The third kappa shape index (κ3) is 4.65. The lowest BCUT2D eigenvalue weighted by Gasteiger charge is -2.08. The minimum atomic E-state index is -0.276. The van der Waals surface area contributed by atoms with Crippen LogP contribution in [-0.4, -0.2) is 28.5 Å². The Kier molecular flexibility index (Phi) is 5.81. The van der Waals surface area contributed by atoms with Crippen LogP contribution in [0.25, 0.3) is 16.4 Å². The molecule has 4 rings (SSSR count). The summed E-state index contributed by atoms with van der Waals surface area (Å²) in [5.41, 5.74) is 2.59. The van der Waals surface area contributed by atoms with Crippen LogP contribution < -0.4 is 15.4 Å². The van der Waals surface area contributed by atoms with Crippen LogP contribution in [0.3, 0.4) is 0 Å². The van der Waals surface area contributed by atoms with Crippen molar-refractivity contribution in [3.63, 3.8) is 0 Å². The first-order valence-corrected chi connectivity index (χ1v) is 10.3. The van der Waals surface area contributed by atoms with E-state index in [1.807, 2.05) is 53.4 Å². The zero-order valence-corrected chi connectivity index (χ0v) is 17.8. The van der Waals surface area contributed by atoms with Crippen LogP contribution in [0.4, 0.5) is 11.4 Å². The summed E-state index contributed by atoms with van der Waals surface area (Å²) in [7, 11) is 1.61. The van der Waals surface area contributed by atoms with Gasteiger partial charge in [-0.25, -0.2) is 4.98 Å². The van der Waals surface area contributed by atoms with Crippen molar-refractivity contribution in [3.05, 3.63) is 77.9 Å². The molecular formula is C23H20N4O3S. The third-order valence-corrected chi connectivity index (χ3v) is 5.52. The lowest BCUT2D eigenvalue weighted by atomic mass is 10.1. The van der Waals surface area contributed by atoms with Gasteiger partial charge in [-0.3, -0.25) is 9.59 Å². The highest BCUT2D eigenvalue weighted by atomic mass is 32.1. The number of nitrogens with zero attached hydrogens (tertiary/aromatic N) is 2. The molecule has 0 fully saturated rings. The van der Waals surface area contributed by atoms with E-state index in [2.05, 4.69) is 10.6 Å². The van der Waals surface area contributed by atoms with Gasteiger partial charge in [-0.05, 0) is 54.6 Å². The predicted molar refractivity (Wildman–Crippen MR) is 122 cm³/mol. The maximum absolute atomic E-state index is 13.2. The minimum Gasteiger partial charge on any atom is -0.497 e. The van der Waals surface area contributed by atoms with Crippen molar-refractivity contribution in [2.75, 3.05) is 17.7 Å². The quantitative estimate of drug-likeness (QED) is 0.457. The molecule has 0 saturated heterocycles. The van der Waals surface area contributed by atoms with Crippen molar-refractivity contribution >= 4 is 34.5 Å². The molecule has 0 bridgehead atoms. The average molecular weight is 433 g/mol. The molecule has 0 atom stereocenters. The maximum Gasteiger partial charge on any atom is 0.268 e. The monoisotopic (exact) mass is 432 g/mol. The van der Waals surface area contributed by atoms with Crippen LogP contribution in [0.15, 0.2) is 73.1 Å². The molecule has 0 saturated carbocycles. The number of aromatic nitrogens is 2. The van der Waals surface area contributed by atoms with Crippen molar-refractivity contribution in [1.82, 2.24) is 9.55 Å². The second-order valence-corrected chi connectivity index (χ2v) is 7.69. The average Bonchev–Trinajstić information content (AvgIpc) is 3.43. The van der Waals surface area contributed by atoms with Crippen molar-refractivity contribution in [3.8, 4) is 22.1 Å². The molecule has 2 amide bonds. The van der Waals surface area contributed by atoms with E-state index in [4.69, 9.17) is 9.72 Å². The van der Waals surface area contributed by atoms with E-state index in [1.54, 1.807) is 31.4 Å². The van der Waals surface area contributed by atoms with E-state index in [1.165, 1.54) is 18.3 Å². The Bertz CT molecular complexity index is 1210.